The molecule has 0 bridgehead atoms. The molecule has 0 aromatic heterocycles. The molecule has 1 amide bonds. The van der Waals surface area contributed by atoms with Gasteiger partial charge in [-0.05, 0) is 64.8 Å². The molecule has 162 valence electrons. The summed E-state index contributed by atoms with van der Waals surface area (Å²) in [6, 6.07) is 6.04. The average Bonchev–Trinajstić information content (AvgIpc) is 2.96. The number of rotatable bonds is 6. The van der Waals surface area contributed by atoms with Crippen LogP contribution >= 0.6 is 15.9 Å². The highest BCUT2D eigenvalue weighted by atomic mass is 79.9. The van der Waals surface area contributed by atoms with Gasteiger partial charge in [0.1, 0.15) is 11.1 Å². The minimum Gasteiger partial charge on any atom is -0.464 e. The van der Waals surface area contributed by atoms with Crippen LogP contribution < -0.4 is 5.32 Å². The molecule has 1 aliphatic rings. The fourth-order valence-electron chi connectivity index (χ4n) is 3.04. The maximum Gasteiger partial charge on any atom is 0.408 e. The third kappa shape index (κ3) is 6.42. The molecule has 1 fully saturated rings. The highest BCUT2D eigenvalue weighted by Crippen LogP contribution is 2.35. The van der Waals surface area contributed by atoms with Gasteiger partial charge in [0.2, 0.25) is 0 Å². The van der Waals surface area contributed by atoms with Crippen LogP contribution in [-0.4, -0.2) is 44.3 Å². The summed E-state index contributed by atoms with van der Waals surface area (Å²) in [5.41, 5.74) is -2.16. The monoisotopic (exact) mass is 491 g/mol. The van der Waals surface area contributed by atoms with E-state index in [1.807, 2.05) is 0 Å². The second-order valence-corrected chi connectivity index (χ2v) is 10.3. The molecule has 0 spiro atoms. The van der Waals surface area contributed by atoms with Crippen molar-refractivity contribution in [3.8, 4) is 0 Å². The molecule has 10 heteroatoms. The fourth-order valence-corrected chi connectivity index (χ4v) is 4.40. The van der Waals surface area contributed by atoms with Crippen LogP contribution in [0.25, 0.3) is 0 Å². The fraction of sp³-hybridized carbons (Fsp3) is 0.579. The Kier molecular flexibility index (Phi) is 7.34. The standard InChI is InChI=1S/C19H26BrNO7S/c1-5-26-16(22)19(21-17(23)27-18(2,3)4)11-10-14(12-19)28-29(24,25)15-8-6-13(20)7-9-15/h6-9,14H,5,10-12H2,1-4H3,(H,21,23)/t14-,19+/m0/s1. The quantitative estimate of drug-likeness (QED) is 0.478. The van der Waals surface area contributed by atoms with E-state index in [4.69, 9.17) is 13.7 Å². The lowest BCUT2D eigenvalue weighted by Crippen LogP contribution is -2.55. The van der Waals surface area contributed by atoms with Crippen molar-refractivity contribution in [1.29, 1.82) is 0 Å². The highest BCUT2D eigenvalue weighted by Gasteiger charge is 2.50. The molecule has 0 radical (unpaired) electrons. The third-order valence-corrected chi connectivity index (χ3v) is 6.14. The molecule has 29 heavy (non-hydrogen) atoms. The number of hydrogen-bond acceptors (Lipinski definition) is 7. The Balaban J connectivity index is 2.16. The lowest BCUT2D eigenvalue weighted by molar-refractivity contribution is -0.151. The number of halogens is 1. The van der Waals surface area contributed by atoms with Crippen molar-refractivity contribution >= 4 is 38.1 Å². The Morgan fingerprint density at radius 1 is 1.24 bits per heavy atom. The minimum atomic E-state index is -4.02. The molecule has 0 aliphatic heterocycles. The van der Waals surface area contributed by atoms with E-state index in [9.17, 15) is 18.0 Å². The van der Waals surface area contributed by atoms with Crippen molar-refractivity contribution in [2.45, 2.75) is 69.1 Å². The Bertz CT molecular complexity index is 848. The lowest BCUT2D eigenvalue weighted by atomic mass is 9.98. The molecule has 0 saturated heterocycles. The molecule has 2 rings (SSSR count). The summed E-state index contributed by atoms with van der Waals surface area (Å²) in [7, 11) is -4.02. The maximum atomic E-state index is 12.6. The summed E-state index contributed by atoms with van der Waals surface area (Å²) >= 11 is 3.25. The number of esters is 1. The van der Waals surface area contributed by atoms with Gasteiger partial charge in [-0.2, -0.15) is 8.42 Å². The van der Waals surface area contributed by atoms with Gasteiger partial charge in [0.25, 0.3) is 10.1 Å². The summed E-state index contributed by atoms with van der Waals surface area (Å²) in [4.78, 5) is 24.9. The molecule has 2 atom stereocenters. The molecule has 1 aromatic carbocycles. The van der Waals surface area contributed by atoms with Crippen molar-refractivity contribution in [2.24, 2.45) is 0 Å². The van der Waals surface area contributed by atoms with Gasteiger partial charge in [-0.1, -0.05) is 15.9 Å². The Hall–Kier alpha value is -1.65. The Labute approximate surface area is 179 Å². The van der Waals surface area contributed by atoms with Gasteiger partial charge >= 0.3 is 12.1 Å². The van der Waals surface area contributed by atoms with Gasteiger partial charge in [-0.25, -0.2) is 9.59 Å². The van der Waals surface area contributed by atoms with Gasteiger partial charge in [0.15, 0.2) is 0 Å². The van der Waals surface area contributed by atoms with Crippen LogP contribution in [0.2, 0.25) is 0 Å². The average molecular weight is 492 g/mol. The second kappa shape index (κ2) is 9.01. The van der Waals surface area contributed by atoms with Gasteiger partial charge < -0.3 is 14.8 Å². The van der Waals surface area contributed by atoms with E-state index in [0.717, 1.165) is 4.47 Å². The maximum absolute atomic E-state index is 12.6. The van der Waals surface area contributed by atoms with E-state index in [2.05, 4.69) is 21.2 Å². The van der Waals surface area contributed by atoms with E-state index >= 15 is 0 Å². The van der Waals surface area contributed by atoms with Gasteiger partial charge in [0.05, 0.1) is 17.6 Å². The second-order valence-electron chi connectivity index (χ2n) is 7.80. The first-order valence-corrected chi connectivity index (χ1v) is 11.4. The van der Waals surface area contributed by atoms with E-state index in [0.29, 0.717) is 0 Å². The highest BCUT2D eigenvalue weighted by molar-refractivity contribution is 9.10. The minimum absolute atomic E-state index is 0.00874. The first-order chi connectivity index (χ1) is 13.4. The molecule has 1 aromatic rings. The van der Waals surface area contributed by atoms with E-state index in [-0.39, 0.29) is 30.8 Å². The van der Waals surface area contributed by atoms with Crippen LogP contribution in [0.1, 0.15) is 47.0 Å². The zero-order valence-corrected chi connectivity index (χ0v) is 19.3. The van der Waals surface area contributed by atoms with Crippen molar-refractivity contribution < 1.29 is 31.7 Å². The smallest absolute Gasteiger partial charge is 0.408 e. The van der Waals surface area contributed by atoms with Gasteiger partial charge in [-0.3, -0.25) is 4.18 Å². The summed E-state index contributed by atoms with van der Waals surface area (Å²) in [6.45, 7) is 6.89. The van der Waals surface area contributed by atoms with Crippen LogP contribution in [0.3, 0.4) is 0 Å². The molecule has 1 N–H and O–H groups in total. The van der Waals surface area contributed by atoms with E-state index < -0.39 is 39.4 Å². The number of hydrogen-bond donors (Lipinski definition) is 1. The molecule has 1 aliphatic carbocycles. The van der Waals surface area contributed by atoms with E-state index in [1.54, 1.807) is 39.8 Å². The van der Waals surface area contributed by atoms with Gasteiger partial charge in [0, 0.05) is 10.9 Å². The Morgan fingerprint density at radius 3 is 2.41 bits per heavy atom. The number of carbonyl (C=O) groups excluding carboxylic acids is 2. The van der Waals surface area contributed by atoms with Crippen LogP contribution in [-0.2, 0) is 28.6 Å². The predicted molar refractivity (Wildman–Crippen MR) is 109 cm³/mol. The van der Waals surface area contributed by atoms with Crippen molar-refractivity contribution in [3.63, 3.8) is 0 Å². The largest absolute Gasteiger partial charge is 0.464 e. The van der Waals surface area contributed by atoms with E-state index in [1.165, 1.54) is 12.1 Å². The summed E-state index contributed by atoms with van der Waals surface area (Å²) in [6.07, 6.45) is -1.18. The molecular weight excluding hydrogens is 466 g/mol. The van der Waals surface area contributed by atoms with Crippen molar-refractivity contribution in [3.05, 3.63) is 28.7 Å². The van der Waals surface area contributed by atoms with Crippen molar-refractivity contribution in [2.75, 3.05) is 6.61 Å². The number of alkyl carbamates (subject to hydrolysis) is 1. The molecule has 0 heterocycles. The molecule has 8 nitrogen and oxygen atoms in total. The SMILES string of the molecule is CCOC(=O)[C@@]1(NC(=O)OC(C)(C)C)CC[C@H](OS(=O)(=O)c2ccc(Br)cc2)C1. The van der Waals surface area contributed by atoms with Crippen molar-refractivity contribution in [1.82, 2.24) is 5.32 Å². The first kappa shape index (κ1) is 23.6. The molecule has 0 unspecified atom stereocenters. The van der Waals surface area contributed by atoms with Crippen LogP contribution in [0, 0.1) is 0 Å². The zero-order valence-electron chi connectivity index (χ0n) is 16.9. The van der Waals surface area contributed by atoms with Crippen LogP contribution in [0.4, 0.5) is 4.79 Å². The third-order valence-electron chi connectivity index (χ3n) is 4.24. The number of nitrogens with one attached hydrogen (secondary N) is 1. The Morgan fingerprint density at radius 2 is 1.86 bits per heavy atom. The van der Waals surface area contributed by atoms with Crippen LogP contribution in [0.5, 0.6) is 0 Å². The number of benzene rings is 1. The molecule has 1 saturated carbocycles. The topological polar surface area (TPSA) is 108 Å². The summed E-state index contributed by atoms with van der Waals surface area (Å²) in [5.74, 6) is -0.641. The normalized spacial score (nSPS) is 22.2. The predicted octanol–water partition coefficient (Wildman–Crippen LogP) is 3.53. The van der Waals surface area contributed by atoms with Crippen LogP contribution in [0.15, 0.2) is 33.6 Å². The number of ether oxygens (including phenoxy) is 2. The number of carbonyl (C=O) groups is 2. The lowest BCUT2D eigenvalue weighted by Gasteiger charge is -2.29. The summed E-state index contributed by atoms with van der Waals surface area (Å²) < 4.78 is 41.5. The number of amides is 1. The zero-order chi connectivity index (χ0) is 21.9. The van der Waals surface area contributed by atoms with Gasteiger partial charge in [-0.15, -0.1) is 0 Å². The molecular formula is C19H26BrNO7S. The summed E-state index contributed by atoms with van der Waals surface area (Å²) in [5, 5.41) is 2.58. The first-order valence-electron chi connectivity index (χ1n) is 9.24.